The summed E-state index contributed by atoms with van der Waals surface area (Å²) in [5.41, 5.74) is 0.714. The van der Waals surface area contributed by atoms with E-state index < -0.39 is 0 Å². The molecule has 0 aliphatic carbocycles. The van der Waals surface area contributed by atoms with Gasteiger partial charge in [0, 0.05) is 5.56 Å². The molecule has 0 saturated carbocycles. The Morgan fingerprint density at radius 2 is 2.07 bits per heavy atom. The number of rotatable bonds is 2. The summed E-state index contributed by atoms with van der Waals surface area (Å²) in [4.78, 5) is 10.4. The van der Waals surface area contributed by atoms with Crippen LogP contribution in [0.5, 0.6) is 5.75 Å². The van der Waals surface area contributed by atoms with Gasteiger partial charge >= 0.3 is 0 Å². The van der Waals surface area contributed by atoms with E-state index in [1.807, 2.05) is 0 Å². The van der Waals surface area contributed by atoms with E-state index in [2.05, 4.69) is 0 Å². The van der Waals surface area contributed by atoms with E-state index in [9.17, 15) is 9.90 Å². The van der Waals surface area contributed by atoms with Gasteiger partial charge < -0.3 is 9.52 Å². The molecule has 0 atom stereocenters. The number of carbonyl (C=O) groups excluding carboxylic acids is 1. The Hall–Kier alpha value is -1.74. The number of aromatic hydroxyl groups is 1. The molecular formula is C11H7ClO3. The van der Waals surface area contributed by atoms with Gasteiger partial charge in [0.15, 0.2) is 12.0 Å². The molecular weight excluding hydrogens is 216 g/mol. The third kappa shape index (κ3) is 1.87. The summed E-state index contributed by atoms with van der Waals surface area (Å²) in [5, 5.41) is 9.47. The van der Waals surface area contributed by atoms with Crippen molar-refractivity contribution in [3.05, 3.63) is 41.1 Å². The fourth-order valence-electron chi connectivity index (χ4n) is 1.23. The number of aldehydes is 1. The average molecular weight is 223 g/mol. The molecule has 1 aromatic heterocycles. The smallest absolute Gasteiger partial charge is 0.185 e. The average Bonchev–Trinajstić information content (AvgIpc) is 2.70. The largest absolute Gasteiger partial charge is 0.506 e. The van der Waals surface area contributed by atoms with Crippen molar-refractivity contribution >= 4 is 17.9 Å². The van der Waals surface area contributed by atoms with Crippen LogP contribution < -0.4 is 0 Å². The van der Waals surface area contributed by atoms with Crippen LogP contribution in [0, 0.1) is 0 Å². The summed E-state index contributed by atoms with van der Waals surface area (Å²) < 4.78 is 5.21. The van der Waals surface area contributed by atoms with Crippen molar-refractivity contribution in [1.82, 2.24) is 0 Å². The van der Waals surface area contributed by atoms with Crippen LogP contribution in [-0.2, 0) is 0 Å². The molecule has 1 aromatic carbocycles. The Morgan fingerprint density at radius 3 is 2.67 bits per heavy atom. The van der Waals surface area contributed by atoms with Gasteiger partial charge in [0.2, 0.25) is 0 Å². The first-order chi connectivity index (χ1) is 7.20. The molecule has 2 rings (SSSR count). The van der Waals surface area contributed by atoms with Crippen molar-refractivity contribution in [3.63, 3.8) is 0 Å². The molecule has 0 bridgehead atoms. The second kappa shape index (κ2) is 3.79. The number of carbonyl (C=O) groups is 1. The van der Waals surface area contributed by atoms with Gasteiger partial charge in [0.25, 0.3) is 0 Å². The summed E-state index contributed by atoms with van der Waals surface area (Å²) in [5.74, 6) is 0.816. The van der Waals surface area contributed by atoms with E-state index in [0.717, 1.165) is 0 Å². The molecule has 4 heteroatoms. The summed E-state index contributed by atoms with van der Waals surface area (Å²) in [6.07, 6.45) is 0.630. The van der Waals surface area contributed by atoms with Crippen molar-refractivity contribution < 1.29 is 14.3 Å². The van der Waals surface area contributed by atoms with Crippen LogP contribution in [0.1, 0.15) is 10.6 Å². The normalized spacial score (nSPS) is 10.2. The zero-order chi connectivity index (χ0) is 10.8. The molecule has 0 aliphatic heterocycles. The Kier molecular flexibility index (Phi) is 2.47. The van der Waals surface area contributed by atoms with Gasteiger partial charge in [-0.25, -0.2) is 0 Å². The van der Waals surface area contributed by atoms with Gasteiger partial charge in [-0.3, -0.25) is 4.79 Å². The fraction of sp³-hybridized carbons (Fsp3) is 0. The Balaban J connectivity index is 2.44. The lowest BCUT2D eigenvalue weighted by molar-refractivity contribution is 0.110. The van der Waals surface area contributed by atoms with Crippen molar-refractivity contribution in [2.24, 2.45) is 0 Å². The Bertz CT molecular complexity index is 502. The molecule has 2 aromatic rings. The van der Waals surface area contributed by atoms with Gasteiger partial charge in [-0.1, -0.05) is 11.6 Å². The fourth-order valence-corrected chi connectivity index (χ4v) is 1.41. The highest BCUT2D eigenvalue weighted by Gasteiger charge is 2.06. The first kappa shape index (κ1) is 9.80. The lowest BCUT2D eigenvalue weighted by Crippen LogP contribution is -1.75. The second-order valence-electron chi connectivity index (χ2n) is 2.99. The number of halogens is 1. The minimum Gasteiger partial charge on any atom is -0.506 e. The lowest BCUT2D eigenvalue weighted by atomic mass is 10.2. The number of benzene rings is 1. The Morgan fingerprint density at radius 1 is 1.27 bits per heavy atom. The number of phenolic OH excluding ortho intramolecular Hbond substituents is 1. The molecule has 0 saturated heterocycles. The topological polar surface area (TPSA) is 50.4 Å². The summed E-state index contributed by atoms with van der Waals surface area (Å²) in [6, 6.07) is 7.95. The number of phenols is 1. The monoisotopic (exact) mass is 222 g/mol. The van der Waals surface area contributed by atoms with Gasteiger partial charge in [0.05, 0.1) is 5.02 Å². The predicted octanol–water partition coefficient (Wildman–Crippen LogP) is 3.12. The van der Waals surface area contributed by atoms with Gasteiger partial charge in [-0.2, -0.15) is 0 Å². The van der Waals surface area contributed by atoms with Crippen molar-refractivity contribution in [2.45, 2.75) is 0 Å². The zero-order valence-electron chi connectivity index (χ0n) is 7.61. The lowest BCUT2D eigenvalue weighted by Gasteiger charge is -1.99. The maximum atomic E-state index is 10.4. The van der Waals surface area contributed by atoms with Crippen LogP contribution in [0.2, 0.25) is 5.02 Å². The first-order valence-corrected chi connectivity index (χ1v) is 4.62. The maximum Gasteiger partial charge on any atom is 0.185 e. The molecule has 0 fully saturated rings. The molecule has 76 valence electrons. The summed E-state index contributed by atoms with van der Waals surface area (Å²) in [6.45, 7) is 0. The van der Waals surface area contributed by atoms with E-state index >= 15 is 0 Å². The minimum absolute atomic E-state index is 0.0163. The van der Waals surface area contributed by atoms with Crippen molar-refractivity contribution in [2.75, 3.05) is 0 Å². The van der Waals surface area contributed by atoms with E-state index in [1.54, 1.807) is 24.3 Å². The van der Waals surface area contributed by atoms with Crippen LogP contribution in [0.25, 0.3) is 11.3 Å². The molecule has 0 unspecified atom stereocenters. The highest BCUT2D eigenvalue weighted by molar-refractivity contribution is 6.32. The standard InChI is InChI=1S/C11H7ClO3/c12-9-5-7(1-3-10(9)14)11-4-2-8(6-13)15-11/h1-6,14H. The van der Waals surface area contributed by atoms with E-state index in [1.165, 1.54) is 6.07 Å². The summed E-state index contributed by atoms with van der Waals surface area (Å²) in [7, 11) is 0. The molecule has 0 spiro atoms. The maximum absolute atomic E-state index is 10.4. The molecule has 0 aliphatic rings. The molecule has 0 amide bonds. The van der Waals surface area contributed by atoms with Crippen LogP contribution in [0.3, 0.4) is 0 Å². The van der Waals surface area contributed by atoms with Gasteiger partial charge in [-0.05, 0) is 30.3 Å². The third-order valence-electron chi connectivity index (χ3n) is 1.98. The first-order valence-electron chi connectivity index (χ1n) is 4.24. The Labute approximate surface area is 90.9 Å². The van der Waals surface area contributed by atoms with E-state index in [0.29, 0.717) is 17.6 Å². The second-order valence-corrected chi connectivity index (χ2v) is 3.39. The van der Waals surface area contributed by atoms with Crippen LogP contribution in [0.4, 0.5) is 0 Å². The van der Waals surface area contributed by atoms with Crippen LogP contribution in [0.15, 0.2) is 34.7 Å². The van der Waals surface area contributed by atoms with E-state index in [4.69, 9.17) is 16.0 Å². The van der Waals surface area contributed by atoms with Crippen LogP contribution in [-0.4, -0.2) is 11.4 Å². The number of furan rings is 1. The molecule has 0 radical (unpaired) electrons. The molecule has 1 heterocycles. The predicted molar refractivity (Wildman–Crippen MR) is 56.2 cm³/mol. The highest BCUT2D eigenvalue weighted by atomic mass is 35.5. The molecule has 1 N–H and O–H groups in total. The quantitative estimate of drug-likeness (QED) is 0.795. The van der Waals surface area contributed by atoms with E-state index in [-0.39, 0.29) is 16.5 Å². The van der Waals surface area contributed by atoms with Gasteiger partial charge in [-0.15, -0.1) is 0 Å². The molecule has 15 heavy (non-hydrogen) atoms. The summed E-state index contributed by atoms with van der Waals surface area (Å²) >= 11 is 5.74. The SMILES string of the molecule is O=Cc1ccc(-c2ccc(O)c(Cl)c2)o1. The minimum atomic E-state index is 0.0163. The van der Waals surface area contributed by atoms with Crippen molar-refractivity contribution in [3.8, 4) is 17.1 Å². The number of hydrogen-bond acceptors (Lipinski definition) is 3. The zero-order valence-corrected chi connectivity index (χ0v) is 8.36. The van der Waals surface area contributed by atoms with Crippen LogP contribution >= 0.6 is 11.6 Å². The molecule has 3 nitrogen and oxygen atoms in total. The van der Waals surface area contributed by atoms with Gasteiger partial charge in [0.1, 0.15) is 11.5 Å². The third-order valence-corrected chi connectivity index (χ3v) is 2.28. The highest BCUT2D eigenvalue weighted by Crippen LogP contribution is 2.29. The number of hydrogen-bond donors (Lipinski definition) is 1. The van der Waals surface area contributed by atoms with Crippen molar-refractivity contribution in [1.29, 1.82) is 0 Å².